The van der Waals surface area contributed by atoms with Gasteiger partial charge >= 0.3 is 0 Å². The Balaban J connectivity index is 1.93. The number of aryl methyl sites for hydroxylation is 1. The van der Waals surface area contributed by atoms with Gasteiger partial charge in [0, 0.05) is 15.5 Å². The summed E-state index contributed by atoms with van der Waals surface area (Å²) >= 11 is 4.68. The number of nitrogens with two attached hydrogens (primary N) is 1. The van der Waals surface area contributed by atoms with Gasteiger partial charge in [0.1, 0.15) is 9.71 Å². The van der Waals surface area contributed by atoms with Crippen LogP contribution in [-0.4, -0.2) is 16.1 Å². The van der Waals surface area contributed by atoms with Crippen LogP contribution < -0.4 is 11.1 Å². The summed E-state index contributed by atoms with van der Waals surface area (Å²) in [4.78, 5) is 13.5. The lowest BCUT2D eigenvalue weighted by molar-refractivity contribution is 0.103. The van der Waals surface area contributed by atoms with Crippen LogP contribution in [0.3, 0.4) is 0 Å². The monoisotopic (exact) mass is 362 g/mol. The van der Waals surface area contributed by atoms with E-state index in [1.165, 1.54) is 11.3 Å². The minimum Gasteiger partial charge on any atom is -0.397 e. The van der Waals surface area contributed by atoms with Crippen LogP contribution in [0.2, 0.25) is 0 Å². The Morgan fingerprint density at radius 1 is 1.38 bits per heavy atom. The molecule has 3 aromatic rings. The molecule has 0 aliphatic carbocycles. The van der Waals surface area contributed by atoms with Crippen molar-refractivity contribution in [3.63, 3.8) is 0 Å². The third-order valence-corrected chi connectivity index (χ3v) is 5.01. The highest BCUT2D eigenvalue weighted by Crippen LogP contribution is 2.32. The summed E-state index contributed by atoms with van der Waals surface area (Å²) in [6, 6.07) is 7.39. The van der Waals surface area contributed by atoms with Gasteiger partial charge < -0.3 is 11.1 Å². The van der Waals surface area contributed by atoms with Gasteiger partial charge in [-0.05, 0) is 30.7 Å². The smallest absolute Gasteiger partial charge is 0.267 e. The van der Waals surface area contributed by atoms with Gasteiger partial charge in [-0.3, -0.25) is 4.79 Å². The van der Waals surface area contributed by atoms with Crippen LogP contribution >= 0.6 is 27.3 Å². The number of benzene rings is 1. The zero-order valence-corrected chi connectivity index (χ0v) is 13.5. The number of anilines is 2. The molecule has 0 spiro atoms. The molecule has 2 heterocycles. The van der Waals surface area contributed by atoms with Gasteiger partial charge in [0.15, 0.2) is 0 Å². The highest BCUT2D eigenvalue weighted by Gasteiger charge is 2.17. The van der Waals surface area contributed by atoms with Crippen LogP contribution in [0.15, 0.2) is 34.9 Å². The van der Waals surface area contributed by atoms with Crippen molar-refractivity contribution < 1.29 is 4.79 Å². The zero-order chi connectivity index (χ0) is 15.0. The van der Waals surface area contributed by atoms with E-state index in [9.17, 15) is 4.79 Å². The summed E-state index contributed by atoms with van der Waals surface area (Å²) in [7, 11) is 0. The van der Waals surface area contributed by atoms with Gasteiger partial charge in [0.2, 0.25) is 0 Å². The van der Waals surface area contributed by atoms with Gasteiger partial charge in [0.05, 0.1) is 11.9 Å². The first-order chi connectivity index (χ1) is 10.1. The number of halogens is 1. The predicted octanol–water partition coefficient (Wildman–Crippen LogP) is 3.60. The number of fused-ring (bicyclic) bond motifs is 1. The molecule has 2 aromatic heterocycles. The lowest BCUT2D eigenvalue weighted by Crippen LogP contribution is -2.11. The number of nitrogens with one attached hydrogen (secondary N) is 1. The average Bonchev–Trinajstić information content (AvgIpc) is 2.81. The molecular formula is C14H11BrN4OS. The molecule has 106 valence electrons. The molecular weight excluding hydrogens is 352 g/mol. The first kappa shape index (κ1) is 14.0. The molecule has 0 radical (unpaired) electrons. The first-order valence-electron chi connectivity index (χ1n) is 6.13. The van der Waals surface area contributed by atoms with Crippen LogP contribution in [0.4, 0.5) is 11.4 Å². The van der Waals surface area contributed by atoms with Crippen LogP contribution in [0.1, 0.15) is 15.2 Å². The molecule has 5 nitrogen and oxygen atoms in total. The van der Waals surface area contributed by atoms with Gasteiger partial charge in [-0.25, -0.2) is 0 Å². The molecule has 3 N–H and O–H groups in total. The van der Waals surface area contributed by atoms with E-state index in [1.54, 1.807) is 12.3 Å². The van der Waals surface area contributed by atoms with E-state index in [0.717, 1.165) is 15.4 Å². The van der Waals surface area contributed by atoms with Crippen LogP contribution in [0.25, 0.3) is 10.2 Å². The SMILES string of the molecule is Cc1ccc(NC(=O)c2sc3nnccc3c2N)cc1Br. The molecule has 1 aromatic carbocycles. The van der Waals surface area contributed by atoms with E-state index in [-0.39, 0.29) is 5.91 Å². The molecule has 7 heteroatoms. The molecule has 1 amide bonds. The Morgan fingerprint density at radius 2 is 2.19 bits per heavy atom. The molecule has 3 rings (SSSR count). The maximum Gasteiger partial charge on any atom is 0.267 e. The average molecular weight is 363 g/mol. The number of carbonyl (C=O) groups excluding carboxylic acids is 1. The predicted molar refractivity (Wildman–Crippen MR) is 88.7 cm³/mol. The Hall–Kier alpha value is -1.99. The minimum absolute atomic E-state index is 0.244. The number of rotatable bonds is 2. The van der Waals surface area contributed by atoms with E-state index in [1.807, 2.05) is 25.1 Å². The van der Waals surface area contributed by atoms with Gasteiger partial charge in [-0.15, -0.1) is 16.4 Å². The molecule has 0 saturated heterocycles. The van der Waals surface area contributed by atoms with Gasteiger partial charge in [-0.1, -0.05) is 22.0 Å². The number of nitrogen functional groups attached to an aromatic ring is 1. The molecule has 0 atom stereocenters. The van der Waals surface area contributed by atoms with E-state index < -0.39 is 0 Å². The van der Waals surface area contributed by atoms with Crippen LogP contribution in [0, 0.1) is 6.92 Å². The van der Waals surface area contributed by atoms with Crippen LogP contribution in [-0.2, 0) is 0 Å². The molecule has 21 heavy (non-hydrogen) atoms. The molecule has 0 saturated carbocycles. The molecule has 0 unspecified atom stereocenters. The van der Waals surface area contributed by atoms with Crippen molar-refractivity contribution in [2.24, 2.45) is 0 Å². The summed E-state index contributed by atoms with van der Waals surface area (Å²) in [5.74, 6) is -0.244. The van der Waals surface area contributed by atoms with E-state index >= 15 is 0 Å². The number of hydrogen-bond donors (Lipinski definition) is 2. The Labute approximate surface area is 133 Å². The number of thiophene rings is 1. The number of hydrogen-bond acceptors (Lipinski definition) is 5. The van der Waals surface area contributed by atoms with E-state index in [2.05, 4.69) is 31.4 Å². The van der Waals surface area contributed by atoms with E-state index in [0.29, 0.717) is 21.1 Å². The third kappa shape index (κ3) is 2.62. The Morgan fingerprint density at radius 3 is 2.90 bits per heavy atom. The van der Waals surface area contributed by atoms with Gasteiger partial charge in [0.25, 0.3) is 5.91 Å². The normalized spacial score (nSPS) is 10.8. The second-order valence-corrected chi connectivity index (χ2v) is 6.37. The first-order valence-corrected chi connectivity index (χ1v) is 7.74. The second kappa shape index (κ2) is 5.42. The van der Waals surface area contributed by atoms with Crippen molar-refractivity contribution in [1.29, 1.82) is 0 Å². The fraction of sp³-hybridized carbons (Fsp3) is 0.0714. The highest BCUT2D eigenvalue weighted by atomic mass is 79.9. The van der Waals surface area contributed by atoms with Crippen molar-refractivity contribution >= 4 is 54.8 Å². The molecule has 0 fully saturated rings. The fourth-order valence-electron chi connectivity index (χ4n) is 1.90. The second-order valence-electron chi connectivity index (χ2n) is 4.51. The fourth-order valence-corrected chi connectivity index (χ4v) is 3.21. The number of carbonyl (C=O) groups is 1. The lowest BCUT2D eigenvalue weighted by atomic mass is 10.2. The van der Waals surface area contributed by atoms with Crippen molar-refractivity contribution in [2.75, 3.05) is 11.1 Å². The Kier molecular flexibility index (Phi) is 3.60. The van der Waals surface area contributed by atoms with Crippen molar-refractivity contribution in [1.82, 2.24) is 10.2 Å². The van der Waals surface area contributed by atoms with Gasteiger partial charge in [-0.2, -0.15) is 5.10 Å². The number of aromatic nitrogens is 2. The molecule has 0 bridgehead atoms. The summed E-state index contributed by atoms with van der Waals surface area (Å²) < 4.78 is 0.940. The van der Waals surface area contributed by atoms with Crippen LogP contribution in [0.5, 0.6) is 0 Å². The van der Waals surface area contributed by atoms with Crippen molar-refractivity contribution in [3.8, 4) is 0 Å². The standard InChI is InChI=1S/C14H11BrN4OS/c1-7-2-3-8(6-10(7)15)18-13(20)12-11(16)9-4-5-17-19-14(9)21-12/h2-6H,16H2,1H3,(H,18,20). The molecule has 0 aliphatic heterocycles. The topological polar surface area (TPSA) is 80.9 Å². The summed E-state index contributed by atoms with van der Waals surface area (Å²) in [5, 5.41) is 11.4. The third-order valence-electron chi connectivity index (χ3n) is 3.06. The summed E-state index contributed by atoms with van der Waals surface area (Å²) in [5.41, 5.74) is 8.27. The molecule has 0 aliphatic rings. The van der Waals surface area contributed by atoms with Crippen molar-refractivity contribution in [2.45, 2.75) is 6.92 Å². The maximum atomic E-state index is 12.4. The number of amides is 1. The summed E-state index contributed by atoms with van der Waals surface area (Å²) in [6.45, 7) is 1.98. The lowest BCUT2D eigenvalue weighted by Gasteiger charge is -2.06. The zero-order valence-electron chi connectivity index (χ0n) is 11.1. The van der Waals surface area contributed by atoms with E-state index in [4.69, 9.17) is 5.73 Å². The minimum atomic E-state index is -0.244. The maximum absolute atomic E-state index is 12.4. The quantitative estimate of drug-likeness (QED) is 0.729. The highest BCUT2D eigenvalue weighted by molar-refractivity contribution is 9.10. The summed E-state index contributed by atoms with van der Waals surface area (Å²) in [6.07, 6.45) is 1.56. The number of nitrogens with zero attached hydrogens (tertiary/aromatic N) is 2. The van der Waals surface area contributed by atoms with Crippen molar-refractivity contribution in [3.05, 3.63) is 45.4 Å². The largest absolute Gasteiger partial charge is 0.397 e. The Bertz CT molecular complexity index is 846.